The summed E-state index contributed by atoms with van der Waals surface area (Å²) in [5.41, 5.74) is 3.72. The van der Waals surface area contributed by atoms with Crippen LogP contribution in [0.2, 0.25) is 0 Å². The van der Waals surface area contributed by atoms with Crippen LogP contribution in [0.15, 0.2) is 47.7 Å². The van der Waals surface area contributed by atoms with Crippen LogP contribution in [-0.2, 0) is 0 Å². The van der Waals surface area contributed by atoms with Crippen LogP contribution >= 0.6 is 11.3 Å². The molecule has 1 fully saturated rings. The molecule has 4 aromatic rings. The molecule has 1 N–H and O–H groups in total. The fraction of sp³-hybridized carbons (Fsp3) is 0.250. The Balaban J connectivity index is 1.70. The second-order valence-corrected chi connectivity index (χ2v) is 7.84. The van der Waals surface area contributed by atoms with E-state index < -0.39 is 0 Å². The molecule has 3 aromatic heterocycles. The Morgan fingerprint density at radius 3 is 2.69 bits per heavy atom. The van der Waals surface area contributed by atoms with Gasteiger partial charge in [-0.05, 0) is 44.4 Å². The predicted octanol–water partition coefficient (Wildman–Crippen LogP) is 4.27. The van der Waals surface area contributed by atoms with Crippen molar-refractivity contribution in [3.05, 3.63) is 58.8 Å². The average molecular weight is 362 g/mol. The minimum Gasteiger partial charge on any atom is -0.382 e. The van der Waals surface area contributed by atoms with Gasteiger partial charge in [-0.2, -0.15) is 0 Å². The molecule has 6 heteroatoms. The van der Waals surface area contributed by atoms with Gasteiger partial charge < -0.3 is 5.32 Å². The van der Waals surface area contributed by atoms with Crippen LogP contribution in [0.25, 0.3) is 26.1 Å². The summed E-state index contributed by atoms with van der Waals surface area (Å²) in [5, 5.41) is 4.55. The minimum atomic E-state index is -0.0450. The lowest BCUT2D eigenvalue weighted by atomic mass is 9.93. The van der Waals surface area contributed by atoms with Crippen molar-refractivity contribution < 1.29 is 0 Å². The molecule has 1 aliphatic carbocycles. The van der Waals surface area contributed by atoms with Gasteiger partial charge in [0.25, 0.3) is 5.56 Å². The molecule has 1 aromatic carbocycles. The Morgan fingerprint density at radius 2 is 1.96 bits per heavy atom. The van der Waals surface area contributed by atoms with Crippen molar-refractivity contribution in [3.63, 3.8) is 0 Å². The number of anilines is 1. The maximum absolute atomic E-state index is 13.1. The molecule has 1 aliphatic rings. The first-order valence-corrected chi connectivity index (χ1v) is 9.65. The number of aryl methyl sites for hydroxylation is 1. The molecule has 1 saturated carbocycles. The average Bonchev–Trinajstić information content (AvgIpc) is 3.00. The fourth-order valence-corrected chi connectivity index (χ4v) is 4.39. The number of rotatable bonds is 3. The molecule has 26 heavy (non-hydrogen) atoms. The number of aromatic nitrogens is 3. The van der Waals surface area contributed by atoms with Crippen molar-refractivity contribution in [2.75, 3.05) is 5.32 Å². The Bertz CT molecular complexity index is 1170. The number of benzene rings is 1. The number of hydrogen-bond donors (Lipinski definition) is 1. The summed E-state index contributed by atoms with van der Waals surface area (Å²) < 4.78 is 2.26. The first-order valence-electron chi connectivity index (χ1n) is 8.83. The maximum Gasteiger partial charge on any atom is 0.275 e. The third-order valence-electron chi connectivity index (χ3n) is 5.06. The Labute approximate surface area is 154 Å². The first kappa shape index (κ1) is 15.5. The van der Waals surface area contributed by atoms with Crippen molar-refractivity contribution in [3.8, 4) is 5.69 Å². The Kier molecular flexibility index (Phi) is 3.53. The highest BCUT2D eigenvalue weighted by molar-refractivity contribution is 7.25. The summed E-state index contributed by atoms with van der Waals surface area (Å²) in [6, 6.07) is 10.4. The van der Waals surface area contributed by atoms with E-state index >= 15 is 0 Å². The summed E-state index contributed by atoms with van der Waals surface area (Å²) >= 11 is 1.42. The highest BCUT2D eigenvalue weighted by Gasteiger charge is 2.21. The van der Waals surface area contributed by atoms with Gasteiger partial charge in [0.05, 0.1) is 16.6 Å². The quantitative estimate of drug-likeness (QED) is 0.591. The molecule has 0 aliphatic heterocycles. The molecular formula is C20H18N4OS. The van der Waals surface area contributed by atoms with E-state index in [-0.39, 0.29) is 5.56 Å². The van der Waals surface area contributed by atoms with Crippen molar-refractivity contribution in [2.45, 2.75) is 32.2 Å². The van der Waals surface area contributed by atoms with Gasteiger partial charge in [0.15, 0.2) is 0 Å². The maximum atomic E-state index is 13.1. The predicted molar refractivity (Wildman–Crippen MR) is 107 cm³/mol. The number of thiophene rings is 1. The van der Waals surface area contributed by atoms with E-state index in [1.807, 2.05) is 37.3 Å². The summed E-state index contributed by atoms with van der Waals surface area (Å²) in [6.07, 6.45) is 7.09. The second-order valence-electron chi connectivity index (χ2n) is 6.85. The largest absolute Gasteiger partial charge is 0.382 e. The third kappa shape index (κ3) is 2.41. The molecule has 0 atom stereocenters. The van der Waals surface area contributed by atoms with E-state index in [1.54, 1.807) is 17.1 Å². The van der Waals surface area contributed by atoms with Gasteiger partial charge in [-0.25, -0.2) is 9.97 Å². The van der Waals surface area contributed by atoms with Gasteiger partial charge in [0.2, 0.25) is 0 Å². The standard InChI is InChI=1S/C20H18N4OS/c1-12-5-7-14(8-6-12)24-11-22-17-16-15(23-13-3-2-4-13)9-10-21-19(16)26-18(17)20(24)25/h5-11,13H,2-4H2,1H3,(H,21,23). The summed E-state index contributed by atoms with van der Waals surface area (Å²) in [7, 11) is 0. The zero-order chi connectivity index (χ0) is 17.7. The molecule has 3 heterocycles. The molecule has 5 rings (SSSR count). The van der Waals surface area contributed by atoms with Gasteiger partial charge >= 0.3 is 0 Å². The molecule has 0 unspecified atom stereocenters. The number of pyridine rings is 1. The lowest BCUT2D eigenvalue weighted by Crippen LogP contribution is -2.27. The molecular weight excluding hydrogens is 344 g/mol. The van der Waals surface area contributed by atoms with E-state index in [9.17, 15) is 4.79 Å². The van der Waals surface area contributed by atoms with Crippen LogP contribution in [0, 0.1) is 6.92 Å². The smallest absolute Gasteiger partial charge is 0.275 e. The third-order valence-corrected chi connectivity index (χ3v) is 6.13. The van der Waals surface area contributed by atoms with Crippen LogP contribution in [0.4, 0.5) is 5.69 Å². The number of nitrogens with one attached hydrogen (secondary N) is 1. The van der Waals surface area contributed by atoms with Gasteiger partial charge in [-0.15, -0.1) is 11.3 Å². The fourth-order valence-electron chi connectivity index (χ4n) is 3.33. The van der Waals surface area contributed by atoms with Crippen LogP contribution in [0.5, 0.6) is 0 Å². The summed E-state index contributed by atoms with van der Waals surface area (Å²) in [5.74, 6) is 0. The normalized spacial score (nSPS) is 14.7. The van der Waals surface area contributed by atoms with Crippen molar-refractivity contribution in [2.24, 2.45) is 0 Å². The van der Waals surface area contributed by atoms with Crippen LogP contribution in [-0.4, -0.2) is 20.6 Å². The van der Waals surface area contributed by atoms with E-state index in [0.29, 0.717) is 10.7 Å². The minimum absolute atomic E-state index is 0.0450. The number of hydrogen-bond acceptors (Lipinski definition) is 5. The van der Waals surface area contributed by atoms with Crippen LogP contribution < -0.4 is 10.9 Å². The van der Waals surface area contributed by atoms with Crippen LogP contribution in [0.1, 0.15) is 24.8 Å². The highest BCUT2D eigenvalue weighted by atomic mass is 32.1. The SMILES string of the molecule is Cc1ccc(-n2cnc3c(sc4nccc(NC5CCC5)c43)c2=O)cc1. The van der Waals surface area contributed by atoms with E-state index in [1.165, 1.54) is 30.6 Å². The summed E-state index contributed by atoms with van der Waals surface area (Å²) in [4.78, 5) is 23.0. The zero-order valence-corrected chi connectivity index (χ0v) is 15.2. The summed E-state index contributed by atoms with van der Waals surface area (Å²) in [6.45, 7) is 2.03. The molecule has 5 nitrogen and oxygen atoms in total. The van der Waals surface area contributed by atoms with Gasteiger partial charge in [-0.1, -0.05) is 17.7 Å². The van der Waals surface area contributed by atoms with Gasteiger partial charge in [0, 0.05) is 17.9 Å². The lowest BCUT2D eigenvalue weighted by molar-refractivity contribution is 0.446. The van der Waals surface area contributed by atoms with Crippen molar-refractivity contribution >= 4 is 37.5 Å². The van der Waals surface area contributed by atoms with Gasteiger partial charge in [-0.3, -0.25) is 9.36 Å². The molecule has 0 spiro atoms. The molecule has 0 bridgehead atoms. The van der Waals surface area contributed by atoms with E-state index in [0.717, 1.165) is 32.7 Å². The molecule has 0 amide bonds. The van der Waals surface area contributed by atoms with E-state index in [2.05, 4.69) is 15.3 Å². The van der Waals surface area contributed by atoms with Crippen LogP contribution in [0.3, 0.4) is 0 Å². The topological polar surface area (TPSA) is 59.8 Å². The van der Waals surface area contributed by atoms with E-state index in [4.69, 9.17) is 0 Å². The lowest BCUT2D eigenvalue weighted by Gasteiger charge is -2.27. The molecule has 0 radical (unpaired) electrons. The van der Waals surface area contributed by atoms with Crippen molar-refractivity contribution in [1.82, 2.24) is 14.5 Å². The Hall–Kier alpha value is -2.73. The van der Waals surface area contributed by atoms with Gasteiger partial charge in [0.1, 0.15) is 15.9 Å². The number of nitrogens with zero attached hydrogens (tertiary/aromatic N) is 3. The monoisotopic (exact) mass is 362 g/mol. The first-order chi connectivity index (χ1) is 12.7. The number of fused-ring (bicyclic) bond motifs is 3. The van der Waals surface area contributed by atoms with Crippen molar-refractivity contribution in [1.29, 1.82) is 0 Å². The molecule has 0 saturated heterocycles. The Morgan fingerprint density at radius 1 is 1.15 bits per heavy atom. The highest BCUT2D eigenvalue weighted by Crippen LogP contribution is 2.35. The second kappa shape index (κ2) is 5.92. The zero-order valence-electron chi connectivity index (χ0n) is 14.4. The molecule has 130 valence electrons.